The summed E-state index contributed by atoms with van der Waals surface area (Å²) >= 11 is 1.20. The maximum atomic E-state index is 13.5. The van der Waals surface area contributed by atoms with Crippen LogP contribution in [0.5, 0.6) is 0 Å². The molecule has 1 aliphatic rings. The molecule has 2 rings (SSSR count). The summed E-state index contributed by atoms with van der Waals surface area (Å²) in [7, 11) is -3.99. The van der Waals surface area contributed by atoms with Crippen LogP contribution in [-0.2, 0) is 24.4 Å². The fourth-order valence-corrected chi connectivity index (χ4v) is 6.55. The highest BCUT2D eigenvalue weighted by Crippen LogP contribution is 2.31. The molecule has 0 aliphatic carbocycles. The van der Waals surface area contributed by atoms with Gasteiger partial charge in [-0.25, -0.2) is 8.42 Å². The number of rotatable bonds is 15. The predicted molar refractivity (Wildman–Crippen MR) is 154 cm³/mol. The molecule has 1 saturated heterocycles. The molecule has 0 unspecified atom stereocenters. The number of carbonyl (C=O) groups excluding carboxylic acids is 2. The van der Waals surface area contributed by atoms with Gasteiger partial charge in [0.2, 0.25) is 15.9 Å². The number of sulfonamides is 1. The number of allylic oxidation sites excluding steroid dienone is 10. The van der Waals surface area contributed by atoms with Crippen LogP contribution in [0.25, 0.3) is 5.57 Å². The van der Waals surface area contributed by atoms with Crippen LogP contribution >= 0.6 is 11.8 Å². The zero-order valence-corrected chi connectivity index (χ0v) is 22.5. The van der Waals surface area contributed by atoms with E-state index in [0.717, 1.165) is 15.4 Å². The van der Waals surface area contributed by atoms with Gasteiger partial charge in [0.25, 0.3) is 0 Å². The minimum atomic E-state index is -3.99. The first-order valence-corrected chi connectivity index (χ1v) is 14.0. The van der Waals surface area contributed by atoms with Gasteiger partial charge in [-0.3, -0.25) is 9.59 Å². The first-order chi connectivity index (χ1) is 18.3. The summed E-state index contributed by atoms with van der Waals surface area (Å²) in [6, 6.07) is 6.41. The zero-order chi connectivity index (χ0) is 28.0. The molecule has 0 aromatic heterocycles. The normalized spacial score (nSPS) is 17.7. The molecule has 0 spiro atoms. The monoisotopic (exact) mass is 553 g/mol. The van der Waals surface area contributed by atoms with E-state index in [0.29, 0.717) is 11.3 Å². The van der Waals surface area contributed by atoms with Crippen LogP contribution in [0, 0.1) is 0 Å². The molecule has 1 fully saturated rings. The van der Waals surface area contributed by atoms with Crippen LogP contribution in [0.1, 0.15) is 5.56 Å². The number of hydrogen-bond donors (Lipinski definition) is 2. The minimum Gasteiger partial charge on any atom is -0.371 e. The summed E-state index contributed by atoms with van der Waals surface area (Å²) in [5.74, 6) is -0.143. The van der Waals surface area contributed by atoms with Gasteiger partial charge < -0.3 is 10.2 Å². The molecule has 2 atom stereocenters. The van der Waals surface area contributed by atoms with Crippen LogP contribution < -0.4 is 10.8 Å². The van der Waals surface area contributed by atoms with E-state index in [4.69, 9.17) is 0 Å². The molecular weight excluding hydrogens is 522 g/mol. The molecule has 8 nitrogen and oxygen atoms in total. The Kier molecular flexibility index (Phi) is 12.5. The van der Waals surface area contributed by atoms with E-state index in [2.05, 4.69) is 42.0 Å². The second-order valence-corrected chi connectivity index (χ2v) is 10.7. The number of benzene rings is 1. The number of hydroxylamine groups is 1. The number of thioether (sulfide) groups is 1. The predicted octanol–water partition coefficient (Wildman–Crippen LogP) is 4.04. The summed E-state index contributed by atoms with van der Waals surface area (Å²) in [5, 5.41) is 1.68. The van der Waals surface area contributed by atoms with Gasteiger partial charge in [-0.15, -0.1) is 17.2 Å². The first-order valence-electron chi connectivity index (χ1n) is 11.5. The molecule has 1 aliphatic heterocycles. The van der Waals surface area contributed by atoms with Crippen LogP contribution in [-0.4, -0.2) is 48.9 Å². The number of nitrogens with zero attached hydrogens (tertiary/aromatic N) is 1. The molecule has 1 aromatic rings. The van der Waals surface area contributed by atoms with Gasteiger partial charge in [0.1, 0.15) is 11.5 Å². The highest BCUT2D eigenvalue weighted by atomic mass is 32.2. The second-order valence-electron chi connectivity index (χ2n) is 7.59. The van der Waals surface area contributed by atoms with Gasteiger partial charge in [0.05, 0.1) is 4.90 Å². The molecular formula is C28H31N3O5S2. The van der Waals surface area contributed by atoms with Crippen LogP contribution in [0.2, 0.25) is 0 Å². The Morgan fingerprint density at radius 1 is 1.03 bits per heavy atom. The van der Waals surface area contributed by atoms with Crippen molar-refractivity contribution in [3.63, 3.8) is 0 Å². The number of nitrogens with one attached hydrogen (secondary N) is 2. The lowest BCUT2D eigenvalue weighted by molar-refractivity contribution is -0.138. The fraction of sp³-hybridized carbons (Fsp3) is 0.143. The van der Waals surface area contributed by atoms with Crippen molar-refractivity contribution in [2.24, 2.45) is 0 Å². The Balaban J connectivity index is 2.31. The Bertz CT molecular complexity index is 1260. The summed E-state index contributed by atoms with van der Waals surface area (Å²) in [5.41, 5.74) is 4.57. The molecule has 200 valence electrons. The molecule has 1 aromatic carbocycles. The highest BCUT2D eigenvalue weighted by molar-refractivity contribution is 8.02. The number of amides is 1. The van der Waals surface area contributed by atoms with Gasteiger partial charge in [0.15, 0.2) is 0 Å². The van der Waals surface area contributed by atoms with Gasteiger partial charge in [-0.2, -0.15) is 4.31 Å². The van der Waals surface area contributed by atoms with Crippen LogP contribution in [0.4, 0.5) is 0 Å². The quantitative estimate of drug-likeness (QED) is 0.146. The summed E-state index contributed by atoms with van der Waals surface area (Å²) in [6.07, 6.45) is 15.6. The largest absolute Gasteiger partial charge is 0.371 e. The molecule has 1 heterocycles. The third-order valence-electron chi connectivity index (χ3n) is 5.17. The smallest absolute Gasteiger partial charge is 0.312 e. The van der Waals surface area contributed by atoms with E-state index in [9.17, 15) is 18.0 Å². The first kappa shape index (κ1) is 30.5. The van der Waals surface area contributed by atoms with E-state index in [1.54, 1.807) is 54.7 Å². The second kappa shape index (κ2) is 15.5. The van der Waals surface area contributed by atoms with Gasteiger partial charge in [-0.1, -0.05) is 99.2 Å². The summed E-state index contributed by atoms with van der Waals surface area (Å²) in [4.78, 5) is 28.7. The van der Waals surface area contributed by atoms with Crippen LogP contribution in [0.15, 0.2) is 122 Å². The Labute approximate surface area is 228 Å². The average molecular weight is 554 g/mol. The third-order valence-corrected chi connectivity index (χ3v) is 8.38. The van der Waals surface area contributed by atoms with E-state index >= 15 is 0 Å². The molecule has 0 bridgehead atoms. The lowest BCUT2D eigenvalue weighted by atomic mass is 10.1. The SMILES string of the molecule is C=C/C=C\C(=C/C=C)c1ccc(S(=O)(=O)N2CCS[C@H]2C(=O)N[C@@H](NOC=O)C(/C=C\C=C)=C/C=C)cc1. The zero-order valence-electron chi connectivity index (χ0n) is 20.9. The highest BCUT2D eigenvalue weighted by Gasteiger charge is 2.41. The average Bonchev–Trinajstić information content (AvgIpc) is 3.43. The molecule has 2 N–H and O–H groups in total. The number of hydrogen-bond acceptors (Lipinski definition) is 7. The summed E-state index contributed by atoms with van der Waals surface area (Å²) in [6.45, 7) is 15.0. The van der Waals surface area contributed by atoms with Crippen molar-refractivity contribution in [1.82, 2.24) is 15.1 Å². The lowest BCUT2D eigenvalue weighted by Crippen LogP contribution is -2.52. The van der Waals surface area contributed by atoms with E-state index in [1.165, 1.54) is 36.0 Å². The van der Waals surface area contributed by atoms with E-state index in [-0.39, 0.29) is 17.9 Å². The number of carbonyl (C=O) groups is 2. The van der Waals surface area contributed by atoms with Crippen molar-refractivity contribution in [1.29, 1.82) is 0 Å². The fourth-order valence-electron chi connectivity index (χ4n) is 3.46. The Morgan fingerprint density at radius 2 is 1.68 bits per heavy atom. The lowest BCUT2D eigenvalue weighted by Gasteiger charge is -2.26. The molecule has 0 saturated carbocycles. The van der Waals surface area contributed by atoms with Crippen LogP contribution in [0.3, 0.4) is 0 Å². The minimum absolute atomic E-state index is 0.0623. The van der Waals surface area contributed by atoms with Gasteiger partial charge in [0, 0.05) is 12.3 Å². The van der Waals surface area contributed by atoms with Crippen molar-refractivity contribution in [2.45, 2.75) is 16.4 Å². The van der Waals surface area contributed by atoms with Crippen molar-refractivity contribution >= 4 is 39.7 Å². The third kappa shape index (κ3) is 8.15. The standard InChI is InChI=1S/C28H31N3O5S2/c1-5-9-13-22(11-7-3)23-15-17-25(18-16-23)38(34,35)31-19-20-37-28(31)27(33)29-26(30-36-21-32)24(12-8-4)14-10-6-2/h5-18,21,26,28,30H,1-4,19-20H2,(H,29,33)/b13-9-,14-10-,22-11+,24-12+/t26-,28-/m0/s1. The van der Waals surface area contributed by atoms with Crippen molar-refractivity contribution in [3.05, 3.63) is 122 Å². The van der Waals surface area contributed by atoms with E-state index < -0.39 is 27.5 Å². The Hall–Kier alpha value is -3.70. The van der Waals surface area contributed by atoms with Crippen molar-refractivity contribution in [2.75, 3.05) is 12.3 Å². The molecule has 0 radical (unpaired) electrons. The van der Waals surface area contributed by atoms with Gasteiger partial charge in [-0.05, 0) is 28.8 Å². The van der Waals surface area contributed by atoms with Gasteiger partial charge >= 0.3 is 6.47 Å². The topological polar surface area (TPSA) is 105 Å². The Morgan fingerprint density at radius 3 is 2.29 bits per heavy atom. The molecule has 1 amide bonds. The summed E-state index contributed by atoms with van der Waals surface area (Å²) < 4.78 is 28.2. The molecule has 38 heavy (non-hydrogen) atoms. The van der Waals surface area contributed by atoms with Crippen molar-refractivity contribution < 1.29 is 22.8 Å². The maximum Gasteiger partial charge on any atom is 0.312 e. The molecule has 10 heteroatoms. The van der Waals surface area contributed by atoms with Crippen molar-refractivity contribution in [3.8, 4) is 0 Å². The van der Waals surface area contributed by atoms with E-state index in [1.807, 2.05) is 6.08 Å². The maximum absolute atomic E-state index is 13.5.